The molecule has 2 N–H and O–H groups in total. The Bertz CT molecular complexity index is 1030. The van der Waals surface area contributed by atoms with Crippen molar-refractivity contribution in [2.75, 3.05) is 26.2 Å². The fourth-order valence-corrected chi connectivity index (χ4v) is 5.00. The van der Waals surface area contributed by atoms with Crippen molar-refractivity contribution in [1.29, 1.82) is 0 Å². The SMILES string of the molecule is Cc1cc(C2CC(c3cc(C(C)C)n[nH]3)CN(C(=O)N3CCC(O)CC3)C2)ccc1OC(F)(F)F. The Morgan fingerprint density at radius 2 is 1.83 bits per heavy atom. The molecule has 2 unspecified atom stereocenters. The molecule has 2 fully saturated rings. The molecule has 0 radical (unpaired) electrons. The molecule has 2 aromatic rings. The van der Waals surface area contributed by atoms with Crippen LogP contribution in [0.5, 0.6) is 5.75 Å². The second kappa shape index (κ2) is 10.1. The summed E-state index contributed by atoms with van der Waals surface area (Å²) < 4.78 is 42.3. The number of benzene rings is 1. The third-order valence-electron chi connectivity index (χ3n) is 7.00. The Morgan fingerprint density at radius 3 is 2.43 bits per heavy atom. The van der Waals surface area contributed by atoms with Crippen molar-refractivity contribution in [1.82, 2.24) is 20.0 Å². The van der Waals surface area contributed by atoms with Crippen LogP contribution >= 0.6 is 0 Å². The highest BCUT2D eigenvalue weighted by Crippen LogP contribution is 2.38. The Kier molecular flexibility index (Phi) is 7.30. The van der Waals surface area contributed by atoms with E-state index >= 15 is 0 Å². The van der Waals surface area contributed by atoms with Crippen molar-refractivity contribution in [3.63, 3.8) is 0 Å². The first-order valence-electron chi connectivity index (χ1n) is 12.1. The molecule has 2 atom stereocenters. The smallest absolute Gasteiger partial charge is 0.406 e. The van der Waals surface area contributed by atoms with Crippen LogP contribution in [0.15, 0.2) is 24.3 Å². The molecule has 0 bridgehead atoms. The van der Waals surface area contributed by atoms with Gasteiger partial charge in [-0.3, -0.25) is 5.10 Å². The quantitative estimate of drug-likeness (QED) is 0.634. The number of piperidine rings is 2. The van der Waals surface area contributed by atoms with Crippen molar-refractivity contribution >= 4 is 6.03 Å². The van der Waals surface area contributed by atoms with E-state index in [1.807, 2.05) is 11.0 Å². The highest BCUT2D eigenvalue weighted by atomic mass is 19.4. The zero-order chi connectivity index (χ0) is 25.3. The van der Waals surface area contributed by atoms with Crippen LogP contribution in [-0.2, 0) is 0 Å². The van der Waals surface area contributed by atoms with Crippen LogP contribution in [0.25, 0.3) is 0 Å². The zero-order valence-electron chi connectivity index (χ0n) is 20.3. The Labute approximate surface area is 203 Å². The van der Waals surface area contributed by atoms with Crippen LogP contribution in [0.2, 0.25) is 0 Å². The molecule has 2 aliphatic heterocycles. The lowest BCUT2D eigenvalue weighted by atomic mass is 9.82. The number of aryl methyl sites for hydroxylation is 1. The number of rotatable bonds is 4. The van der Waals surface area contributed by atoms with Crippen LogP contribution < -0.4 is 4.74 Å². The average Bonchev–Trinajstić information content (AvgIpc) is 3.30. The predicted octanol–water partition coefficient (Wildman–Crippen LogP) is 4.89. The summed E-state index contributed by atoms with van der Waals surface area (Å²) in [5.41, 5.74) is 3.18. The molecule has 2 aliphatic rings. The second-order valence-electron chi connectivity index (χ2n) is 10.0. The number of likely N-dealkylation sites (tertiary alicyclic amines) is 2. The summed E-state index contributed by atoms with van der Waals surface area (Å²) in [6.45, 7) is 7.75. The maximum atomic E-state index is 13.4. The number of carbonyl (C=O) groups excluding carboxylic acids is 1. The third-order valence-corrected chi connectivity index (χ3v) is 7.00. The zero-order valence-corrected chi connectivity index (χ0v) is 20.3. The first-order chi connectivity index (χ1) is 16.5. The standard InChI is InChI=1S/C25H33F3N4O3/c1-15(2)21-12-22(30-29-21)19-11-18(17-4-5-23(16(3)10-17)35-25(26,27)28)13-32(14-19)24(34)31-8-6-20(33)7-9-31/h4-5,10,12,15,18-20,33H,6-9,11,13-14H2,1-3H3,(H,29,30). The molecule has 10 heteroatoms. The first kappa shape index (κ1) is 25.3. The van der Waals surface area contributed by atoms with E-state index in [0.717, 1.165) is 23.4 Å². The van der Waals surface area contributed by atoms with Gasteiger partial charge in [0.2, 0.25) is 0 Å². The van der Waals surface area contributed by atoms with E-state index in [0.29, 0.717) is 44.6 Å². The van der Waals surface area contributed by atoms with Gasteiger partial charge < -0.3 is 19.6 Å². The molecule has 4 rings (SSSR count). The molecule has 7 nitrogen and oxygen atoms in total. The van der Waals surface area contributed by atoms with Gasteiger partial charge in [-0.2, -0.15) is 5.10 Å². The molecule has 2 amide bonds. The van der Waals surface area contributed by atoms with E-state index in [1.54, 1.807) is 24.0 Å². The number of aromatic nitrogens is 2. The van der Waals surface area contributed by atoms with Gasteiger partial charge in [0, 0.05) is 43.7 Å². The number of ether oxygens (including phenoxy) is 1. The number of aliphatic hydroxyl groups is 1. The third kappa shape index (κ3) is 6.09. The number of nitrogens with one attached hydrogen (secondary N) is 1. The van der Waals surface area contributed by atoms with Crippen LogP contribution in [-0.4, -0.2) is 69.8 Å². The summed E-state index contributed by atoms with van der Waals surface area (Å²) in [5.74, 6) is 0.00120. The molecule has 1 aromatic heterocycles. The molecular formula is C25H33F3N4O3. The second-order valence-corrected chi connectivity index (χ2v) is 10.0. The number of alkyl halides is 3. The van der Waals surface area contributed by atoms with Crippen molar-refractivity contribution in [2.45, 2.75) is 70.3 Å². The molecular weight excluding hydrogens is 461 g/mol. The summed E-state index contributed by atoms with van der Waals surface area (Å²) in [6, 6.07) is 6.72. The number of nitrogens with zero attached hydrogens (tertiary/aromatic N) is 3. The van der Waals surface area contributed by atoms with E-state index in [-0.39, 0.29) is 35.6 Å². The van der Waals surface area contributed by atoms with E-state index < -0.39 is 6.36 Å². The predicted molar refractivity (Wildman–Crippen MR) is 124 cm³/mol. The fraction of sp³-hybridized carbons (Fsp3) is 0.600. The number of H-pyrrole nitrogens is 1. The van der Waals surface area contributed by atoms with Crippen molar-refractivity contribution in [2.24, 2.45) is 0 Å². The largest absolute Gasteiger partial charge is 0.573 e. The molecule has 0 spiro atoms. The number of aliphatic hydroxyl groups excluding tert-OH is 1. The molecule has 0 saturated carbocycles. The van der Waals surface area contributed by atoms with Gasteiger partial charge in [-0.1, -0.05) is 26.0 Å². The van der Waals surface area contributed by atoms with E-state index in [1.165, 1.54) is 6.07 Å². The Morgan fingerprint density at radius 1 is 1.14 bits per heavy atom. The van der Waals surface area contributed by atoms with Crippen molar-refractivity contribution in [3.05, 3.63) is 46.8 Å². The van der Waals surface area contributed by atoms with Gasteiger partial charge in [-0.25, -0.2) is 4.79 Å². The number of aromatic amines is 1. The topological polar surface area (TPSA) is 81.7 Å². The number of carbonyl (C=O) groups is 1. The van der Waals surface area contributed by atoms with Crippen LogP contribution in [0.4, 0.5) is 18.0 Å². The molecule has 0 aliphatic carbocycles. The minimum atomic E-state index is -4.75. The monoisotopic (exact) mass is 494 g/mol. The first-order valence-corrected chi connectivity index (χ1v) is 12.1. The maximum Gasteiger partial charge on any atom is 0.573 e. The summed E-state index contributed by atoms with van der Waals surface area (Å²) in [6.07, 6.45) is -3.26. The highest BCUT2D eigenvalue weighted by Gasteiger charge is 2.36. The van der Waals surface area contributed by atoms with Gasteiger partial charge in [-0.15, -0.1) is 13.2 Å². The van der Waals surface area contributed by atoms with E-state index in [9.17, 15) is 23.1 Å². The minimum absolute atomic E-state index is 0.0134. The van der Waals surface area contributed by atoms with Crippen LogP contribution in [0.1, 0.15) is 73.4 Å². The van der Waals surface area contributed by atoms with Gasteiger partial charge in [0.25, 0.3) is 0 Å². The molecule has 1 aromatic carbocycles. The van der Waals surface area contributed by atoms with E-state index in [4.69, 9.17) is 0 Å². The van der Waals surface area contributed by atoms with Crippen LogP contribution in [0, 0.1) is 6.92 Å². The van der Waals surface area contributed by atoms with Gasteiger partial charge in [0.15, 0.2) is 0 Å². The summed E-state index contributed by atoms with van der Waals surface area (Å²) >= 11 is 0. The number of hydrogen-bond donors (Lipinski definition) is 2. The van der Waals surface area contributed by atoms with Gasteiger partial charge in [-0.05, 0) is 55.4 Å². The number of halogens is 3. The molecule has 192 valence electrons. The fourth-order valence-electron chi connectivity index (χ4n) is 5.00. The van der Waals surface area contributed by atoms with Crippen molar-refractivity contribution < 1.29 is 27.8 Å². The highest BCUT2D eigenvalue weighted by molar-refractivity contribution is 5.75. The molecule has 35 heavy (non-hydrogen) atoms. The van der Waals surface area contributed by atoms with Gasteiger partial charge in [0.05, 0.1) is 11.8 Å². The molecule has 2 saturated heterocycles. The van der Waals surface area contributed by atoms with Crippen molar-refractivity contribution in [3.8, 4) is 5.75 Å². The lowest BCUT2D eigenvalue weighted by Gasteiger charge is -2.41. The van der Waals surface area contributed by atoms with Gasteiger partial charge >= 0.3 is 12.4 Å². The number of urea groups is 1. The van der Waals surface area contributed by atoms with E-state index in [2.05, 4.69) is 28.8 Å². The number of hydrogen-bond acceptors (Lipinski definition) is 4. The minimum Gasteiger partial charge on any atom is -0.406 e. The summed E-state index contributed by atoms with van der Waals surface area (Å²) in [4.78, 5) is 17.0. The average molecular weight is 495 g/mol. The number of amides is 2. The lowest BCUT2D eigenvalue weighted by molar-refractivity contribution is -0.274. The van der Waals surface area contributed by atoms with Gasteiger partial charge in [0.1, 0.15) is 5.75 Å². The summed E-state index contributed by atoms with van der Waals surface area (Å²) in [5, 5.41) is 17.4. The summed E-state index contributed by atoms with van der Waals surface area (Å²) in [7, 11) is 0. The normalized spacial score (nSPS) is 22.1. The molecule has 3 heterocycles. The Hall–Kier alpha value is -2.75. The van der Waals surface area contributed by atoms with Crippen LogP contribution in [0.3, 0.4) is 0 Å². The Balaban J connectivity index is 1.59. The lowest BCUT2D eigenvalue weighted by Crippen LogP contribution is -2.51. The maximum absolute atomic E-state index is 13.4.